The fraction of sp³-hybridized carbons (Fsp3) is 0.375. The fourth-order valence-corrected chi connectivity index (χ4v) is 4.49. The fourth-order valence-electron chi connectivity index (χ4n) is 4.33. The Morgan fingerprint density at radius 1 is 1.35 bits per heavy atom. The number of piperidine rings is 1. The van der Waals surface area contributed by atoms with Crippen molar-refractivity contribution in [1.82, 2.24) is 4.90 Å². The summed E-state index contributed by atoms with van der Waals surface area (Å²) in [4.78, 5) is 15.3. The van der Waals surface area contributed by atoms with E-state index in [0.717, 1.165) is 6.54 Å². The van der Waals surface area contributed by atoms with Gasteiger partial charge in [-0.2, -0.15) is 0 Å². The van der Waals surface area contributed by atoms with Crippen LogP contribution < -0.4 is 14.9 Å². The Hall–Kier alpha value is -2.54. The molecule has 1 aromatic heterocycles. The molecule has 1 aromatic carbocycles. The zero-order valence-corrected chi connectivity index (χ0v) is 19.1. The van der Waals surface area contributed by atoms with Gasteiger partial charge in [0.05, 0.1) is 20.3 Å². The minimum absolute atomic E-state index is 0.217. The SMILES string of the molecule is C=C/C=C(\C(=C)Cl)c1cc(=O)c2c(OC)c(C)c(OC)c(C3CCN(C)CC3O)c2o1. The third kappa shape index (κ3) is 4.15. The second-order valence-electron chi connectivity index (χ2n) is 7.73. The normalized spacial score (nSPS) is 20.0. The number of hydrogen-bond acceptors (Lipinski definition) is 6. The summed E-state index contributed by atoms with van der Waals surface area (Å²) in [5, 5.41) is 11.4. The number of nitrogens with zero attached hydrogens (tertiary/aromatic N) is 1. The first-order valence-corrected chi connectivity index (χ1v) is 10.4. The van der Waals surface area contributed by atoms with Crippen LogP contribution in [0.25, 0.3) is 16.5 Å². The van der Waals surface area contributed by atoms with Crippen LogP contribution in [-0.4, -0.2) is 50.5 Å². The minimum Gasteiger partial charge on any atom is -0.496 e. The molecule has 2 aromatic rings. The Kier molecular flexibility index (Phi) is 6.94. The van der Waals surface area contributed by atoms with Crippen molar-refractivity contribution in [3.05, 3.63) is 63.5 Å². The van der Waals surface area contributed by atoms with Gasteiger partial charge < -0.3 is 23.9 Å². The molecule has 7 heteroatoms. The van der Waals surface area contributed by atoms with Gasteiger partial charge in [-0.25, -0.2) is 0 Å². The molecule has 166 valence electrons. The molecule has 2 heterocycles. The number of rotatable bonds is 6. The van der Waals surface area contributed by atoms with Crippen molar-refractivity contribution < 1.29 is 19.0 Å². The largest absolute Gasteiger partial charge is 0.496 e. The summed E-state index contributed by atoms with van der Waals surface area (Å²) in [5.74, 6) is 0.909. The molecule has 0 saturated carbocycles. The van der Waals surface area contributed by atoms with Gasteiger partial charge >= 0.3 is 0 Å². The molecule has 6 nitrogen and oxygen atoms in total. The number of halogens is 1. The van der Waals surface area contributed by atoms with Gasteiger partial charge in [0, 0.05) is 40.3 Å². The Balaban J connectivity index is 2.45. The van der Waals surface area contributed by atoms with Crippen LogP contribution in [0, 0.1) is 6.92 Å². The predicted octanol–water partition coefficient (Wildman–Crippen LogP) is 4.22. The van der Waals surface area contributed by atoms with E-state index in [4.69, 9.17) is 25.5 Å². The zero-order chi connectivity index (χ0) is 22.9. The Labute approximate surface area is 187 Å². The molecule has 1 fully saturated rings. The van der Waals surface area contributed by atoms with Crippen molar-refractivity contribution in [2.24, 2.45) is 0 Å². The topological polar surface area (TPSA) is 72.1 Å². The van der Waals surface area contributed by atoms with Crippen LogP contribution in [0.4, 0.5) is 0 Å². The van der Waals surface area contributed by atoms with Gasteiger partial charge in [0.1, 0.15) is 28.2 Å². The molecule has 2 atom stereocenters. The van der Waals surface area contributed by atoms with Crippen LogP contribution in [0.15, 0.2) is 45.6 Å². The van der Waals surface area contributed by atoms with Crippen LogP contribution >= 0.6 is 11.6 Å². The molecule has 3 rings (SSSR count). The number of allylic oxidation sites excluding steroid dienone is 4. The van der Waals surface area contributed by atoms with E-state index in [9.17, 15) is 9.90 Å². The Morgan fingerprint density at radius 2 is 2.03 bits per heavy atom. The van der Waals surface area contributed by atoms with Crippen LogP contribution in [0.3, 0.4) is 0 Å². The molecule has 0 spiro atoms. The summed E-state index contributed by atoms with van der Waals surface area (Å²) in [7, 11) is 5.02. The van der Waals surface area contributed by atoms with Gasteiger partial charge in [0.2, 0.25) is 0 Å². The van der Waals surface area contributed by atoms with Gasteiger partial charge in [0.25, 0.3) is 0 Å². The Morgan fingerprint density at radius 3 is 2.58 bits per heavy atom. The standard InChI is InChI=1S/C24H28ClNO5/c1-7-8-15(14(3)25)19-11-17(27)21-23(30-6)13(2)22(29-5)20(24(21)31-19)16-9-10-26(4)12-18(16)28/h7-8,11,16,18,28H,1,3,9-10,12H2,2,4-6H3/b15-8+. The first kappa shape index (κ1) is 23.1. The van der Waals surface area contributed by atoms with Gasteiger partial charge in [-0.15, -0.1) is 0 Å². The van der Waals surface area contributed by atoms with E-state index in [2.05, 4.69) is 18.1 Å². The first-order chi connectivity index (χ1) is 14.7. The molecule has 0 amide bonds. The van der Waals surface area contributed by atoms with Crippen molar-refractivity contribution in [3.63, 3.8) is 0 Å². The van der Waals surface area contributed by atoms with E-state index < -0.39 is 6.10 Å². The molecule has 0 aliphatic carbocycles. The summed E-state index contributed by atoms with van der Waals surface area (Å²) in [6.07, 6.45) is 3.21. The number of methoxy groups -OCH3 is 2. The highest BCUT2D eigenvalue weighted by Gasteiger charge is 2.35. The number of ether oxygens (including phenoxy) is 2. The maximum Gasteiger partial charge on any atom is 0.197 e. The van der Waals surface area contributed by atoms with E-state index in [1.165, 1.54) is 13.2 Å². The van der Waals surface area contributed by atoms with E-state index in [1.807, 2.05) is 14.0 Å². The van der Waals surface area contributed by atoms with Gasteiger partial charge in [-0.1, -0.05) is 36.9 Å². The van der Waals surface area contributed by atoms with Gasteiger partial charge in [-0.3, -0.25) is 4.79 Å². The molecule has 31 heavy (non-hydrogen) atoms. The summed E-state index contributed by atoms with van der Waals surface area (Å²) < 4.78 is 17.6. The van der Waals surface area contributed by atoms with Gasteiger partial charge in [0.15, 0.2) is 5.43 Å². The summed E-state index contributed by atoms with van der Waals surface area (Å²) in [6, 6.07) is 1.37. The van der Waals surface area contributed by atoms with Crippen molar-refractivity contribution in [2.45, 2.75) is 25.4 Å². The molecular formula is C24H28ClNO5. The lowest BCUT2D eigenvalue weighted by Gasteiger charge is -2.35. The van der Waals surface area contributed by atoms with E-state index in [-0.39, 0.29) is 22.1 Å². The van der Waals surface area contributed by atoms with Crippen LogP contribution in [-0.2, 0) is 0 Å². The lowest BCUT2D eigenvalue weighted by atomic mass is 9.84. The predicted molar refractivity (Wildman–Crippen MR) is 124 cm³/mol. The van der Waals surface area contributed by atoms with Gasteiger partial charge in [-0.05, 0) is 26.9 Å². The molecule has 0 radical (unpaired) electrons. The Bertz CT molecular complexity index is 1120. The monoisotopic (exact) mass is 445 g/mol. The molecule has 1 aliphatic heterocycles. The summed E-state index contributed by atoms with van der Waals surface area (Å²) in [5.41, 5.74) is 1.83. The van der Waals surface area contributed by atoms with E-state index >= 15 is 0 Å². The van der Waals surface area contributed by atoms with Crippen LogP contribution in [0.5, 0.6) is 11.5 Å². The number of aliphatic hydroxyl groups is 1. The number of likely N-dealkylation sites (tertiary alicyclic amines) is 1. The van der Waals surface area contributed by atoms with Crippen molar-refractivity contribution in [3.8, 4) is 11.5 Å². The number of benzene rings is 1. The smallest absolute Gasteiger partial charge is 0.197 e. The maximum atomic E-state index is 13.3. The molecule has 1 saturated heterocycles. The third-order valence-electron chi connectivity index (χ3n) is 5.75. The lowest BCUT2D eigenvalue weighted by Crippen LogP contribution is -2.40. The van der Waals surface area contributed by atoms with Crippen LogP contribution in [0.2, 0.25) is 0 Å². The number of fused-ring (bicyclic) bond motifs is 1. The van der Waals surface area contributed by atoms with Crippen LogP contribution in [0.1, 0.15) is 29.2 Å². The summed E-state index contributed by atoms with van der Waals surface area (Å²) in [6.45, 7) is 10.6. The molecule has 2 unspecified atom stereocenters. The zero-order valence-electron chi connectivity index (χ0n) is 18.3. The molecule has 0 bridgehead atoms. The summed E-state index contributed by atoms with van der Waals surface area (Å²) >= 11 is 6.16. The van der Waals surface area contributed by atoms with Crippen molar-refractivity contribution in [1.29, 1.82) is 0 Å². The highest BCUT2D eigenvalue weighted by atomic mass is 35.5. The highest BCUT2D eigenvalue weighted by molar-refractivity contribution is 6.36. The molecular weight excluding hydrogens is 418 g/mol. The van der Waals surface area contributed by atoms with Crippen molar-refractivity contribution in [2.75, 3.05) is 34.4 Å². The first-order valence-electron chi connectivity index (χ1n) is 10.0. The second kappa shape index (κ2) is 9.30. The maximum absolute atomic E-state index is 13.3. The minimum atomic E-state index is -0.649. The number of β-amino-alcohol motifs (C(OH)–C–C–N with tert-alkyl or cyclic N) is 1. The lowest BCUT2D eigenvalue weighted by molar-refractivity contribution is 0.0630. The average molecular weight is 446 g/mol. The van der Waals surface area contributed by atoms with E-state index in [0.29, 0.717) is 52.1 Å². The van der Waals surface area contributed by atoms with E-state index in [1.54, 1.807) is 19.3 Å². The highest BCUT2D eigenvalue weighted by Crippen LogP contribution is 2.46. The average Bonchev–Trinajstić information content (AvgIpc) is 2.71. The number of aliphatic hydroxyl groups excluding tert-OH is 1. The quantitative estimate of drug-likeness (QED) is 0.671. The third-order valence-corrected chi connectivity index (χ3v) is 5.96. The molecule has 1 aliphatic rings. The number of hydrogen-bond donors (Lipinski definition) is 1. The molecule has 1 N–H and O–H groups in total. The number of likely N-dealkylation sites (N-methyl/N-ethyl adjacent to an activating group) is 1. The van der Waals surface area contributed by atoms with Crippen molar-refractivity contribution >= 4 is 28.1 Å². The second-order valence-corrected chi connectivity index (χ2v) is 8.19.